The second kappa shape index (κ2) is 54.7. The van der Waals surface area contributed by atoms with E-state index < -0.39 is 6.10 Å². The maximum Gasteiger partial charge on any atom is 0.306 e. The number of esters is 2. The highest BCUT2D eigenvalue weighted by Gasteiger charge is 2.16. The Hall–Kier alpha value is -2.66. The van der Waals surface area contributed by atoms with E-state index in [0.717, 1.165) is 70.6 Å². The first kappa shape index (κ1) is 61.3. The monoisotopic (exact) mass is 893 g/mol. The van der Waals surface area contributed by atoms with Gasteiger partial charge in [0.15, 0.2) is 6.10 Å². The van der Waals surface area contributed by atoms with E-state index in [2.05, 4.69) is 86.8 Å². The van der Waals surface area contributed by atoms with Gasteiger partial charge in [0.2, 0.25) is 0 Å². The molecule has 5 heteroatoms. The van der Waals surface area contributed by atoms with Crippen LogP contribution in [0.4, 0.5) is 0 Å². The minimum absolute atomic E-state index is 0.0693. The van der Waals surface area contributed by atoms with Crippen LogP contribution in [0.5, 0.6) is 0 Å². The molecule has 0 fully saturated rings. The Balaban J connectivity index is 3.50. The molecular formula is C59H104O5. The zero-order chi connectivity index (χ0) is 46.3. The predicted molar refractivity (Wildman–Crippen MR) is 279 cm³/mol. The van der Waals surface area contributed by atoms with Crippen LogP contribution >= 0.6 is 0 Å². The molecule has 0 rings (SSSR count). The van der Waals surface area contributed by atoms with E-state index in [9.17, 15) is 14.7 Å². The van der Waals surface area contributed by atoms with Gasteiger partial charge in [-0.15, -0.1) is 0 Å². The lowest BCUT2D eigenvalue weighted by Crippen LogP contribution is -2.28. The van der Waals surface area contributed by atoms with Crippen LogP contribution in [0.2, 0.25) is 0 Å². The first-order valence-corrected chi connectivity index (χ1v) is 27.5. The van der Waals surface area contributed by atoms with E-state index in [1.807, 2.05) is 0 Å². The lowest BCUT2D eigenvalue weighted by atomic mass is 10.0. The first-order chi connectivity index (χ1) is 31.6. The highest BCUT2D eigenvalue weighted by Crippen LogP contribution is 2.16. The van der Waals surface area contributed by atoms with E-state index in [1.165, 1.54) is 173 Å². The fourth-order valence-corrected chi connectivity index (χ4v) is 7.87. The van der Waals surface area contributed by atoms with Gasteiger partial charge in [-0.05, 0) is 83.5 Å². The minimum atomic E-state index is -0.779. The summed E-state index contributed by atoms with van der Waals surface area (Å²) in [5.74, 6) is -0.592. The van der Waals surface area contributed by atoms with Crippen molar-refractivity contribution in [1.29, 1.82) is 0 Å². The number of hydrogen-bond acceptors (Lipinski definition) is 5. The third-order valence-corrected chi connectivity index (χ3v) is 12.0. The van der Waals surface area contributed by atoms with Crippen LogP contribution < -0.4 is 0 Å². The van der Waals surface area contributed by atoms with Crippen LogP contribution in [-0.2, 0) is 19.1 Å². The molecule has 0 spiro atoms. The van der Waals surface area contributed by atoms with E-state index >= 15 is 0 Å². The fraction of sp³-hybridized carbons (Fsp3) is 0.763. The highest BCUT2D eigenvalue weighted by molar-refractivity contribution is 5.70. The Morgan fingerprint density at radius 1 is 0.375 bits per heavy atom. The van der Waals surface area contributed by atoms with Crippen molar-refractivity contribution in [3.8, 4) is 0 Å². The second-order valence-electron chi connectivity index (χ2n) is 18.3. The molecule has 0 aromatic rings. The molecule has 0 aliphatic carbocycles. The van der Waals surface area contributed by atoms with Gasteiger partial charge in [-0.3, -0.25) is 9.59 Å². The maximum atomic E-state index is 12.3. The molecule has 0 heterocycles. The zero-order valence-electron chi connectivity index (χ0n) is 42.3. The standard InChI is InChI=1S/C59H104O5/c1-3-5-7-9-11-13-15-17-19-21-23-25-27-29-31-33-35-37-39-41-43-45-47-49-51-53-58(61)63-56-57(55-60)64-59(62)54-52-50-48-46-44-42-40-38-36-34-32-30-28-26-24-22-20-18-16-14-12-10-8-6-4-2/h6,8,12,14,18,20-21,23-24,26,30,32,57,60H,3-5,7,9-11,13,15-17,19,22,25,27-29,31,33-56H2,1-2H3/b8-6-,14-12-,20-18-,23-21-,26-24-,32-30-. The topological polar surface area (TPSA) is 72.8 Å². The van der Waals surface area contributed by atoms with Crippen molar-refractivity contribution in [3.05, 3.63) is 72.9 Å². The molecule has 0 saturated heterocycles. The molecular weight excluding hydrogens is 789 g/mol. The summed E-state index contributed by atoms with van der Waals surface area (Å²) in [5.41, 5.74) is 0. The summed E-state index contributed by atoms with van der Waals surface area (Å²) in [6, 6.07) is 0. The Labute approximate surface area is 397 Å². The predicted octanol–water partition coefficient (Wildman–Crippen LogP) is 18.4. The number of unbranched alkanes of at least 4 members (excludes halogenated alkanes) is 30. The van der Waals surface area contributed by atoms with Crippen LogP contribution in [0.15, 0.2) is 72.9 Å². The number of aliphatic hydroxyl groups excluding tert-OH is 1. The van der Waals surface area contributed by atoms with Crippen LogP contribution in [0.25, 0.3) is 0 Å². The van der Waals surface area contributed by atoms with Gasteiger partial charge >= 0.3 is 11.9 Å². The fourth-order valence-electron chi connectivity index (χ4n) is 7.87. The normalized spacial score (nSPS) is 12.7. The van der Waals surface area contributed by atoms with Crippen molar-refractivity contribution < 1.29 is 24.2 Å². The van der Waals surface area contributed by atoms with E-state index in [0.29, 0.717) is 12.8 Å². The van der Waals surface area contributed by atoms with Crippen LogP contribution in [0.1, 0.15) is 271 Å². The minimum Gasteiger partial charge on any atom is -0.462 e. The van der Waals surface area contributed by atoms with Crippen molar-refractivity contribution in [1.82, 2.24) is 0 Å². The van der Waals surface area contributed by atoms with E-state index in [4.69, 9.17) is 9.47 Å². The third-order valence-electron chi connectivity index (χ3n) is 12.0. The summed E-state index contributed by atoms with van der Waals surface area (Å²) in [5, 5.41) is 9.65. The van der Waals surface area contributed by atoms with E-state index in [1.54, 1.807) is 0 Å². The van der Waals surface area contributed by atoms with Gasteiger partial charge in [0.05, 0.1) is 6.61 Å². The average molecular weight is 893 g/mol. The number of ether oxygens (including phenoxy) is 2. The molecule has 0 bridgehead atoms. The van der Waals surface area contributed by atoms with Crippen molar-refractivity contribution in [3.63, 3.8) is 0 Å². The summed E-state index contributed by atoms with van der Waals surface area (Å²) in [7, 11) is 0. The van der Waals surface area contributed by atoms with E-state index in [-0.39, 0.29) is 25.2 Å². The maximum absolute atomic E-state index is 12.3. The molecule has 0 saturated carbocycles. The Kier molecular flexibility index (Phi) is 52.4. The molecule has 64 heavy (non-hydrogen) atoms. The highest BCUT2D eigenvalue weighted by atomic mass is 16.6. The van der Waals surface area contributed by atoms with Gasteiger partial charge in [0.25, 0.3) is 0 Å². The molecule has 0 aromatic carbocycles. The lowest BCUT2D eigenvalue weighted by molar-refractivity contribution is -0.161. The number of aliphatic hydroxyl groups is 1. The average Bonchev–Trinajstić information content (AvgIpc) is 3.30. The summed E-state index contributed by atoms with van der Waals surface area (Å²) in [6.07, 6.45) is 74.4. The molecule has 5 nitrogen and oxygen atoms in total. The summed E-state index contributed by atoms with van der Waals surface area (Å²) in [4.78, 5) is 24.5. The largest absolute Gasteiger partial charge is 0.462 e. The lowest BCUT2D eigenvalue weighted by Gasteiger charge is -2.15. The molecule has 1 N–H and O–H groups in total. The molecule has 370 valence electrons. The number of rotatable bonds is 50. The molecule has 0 amide bonds. The first-order valence-electron chi connectivity index (χ1n) is 27.5. The molecule has 1 unspecified atom stereocenters. The van der Waals surface area contributed by atoms with Crippen molar-refractivity contribution in [2.75, 3.05) is 13.2 Å². The third kappa shape index (κ3) is 52.0. The van der Waals surface area contributed by atoms with Gasteiger partial charge in [-0.1, -0.05) is 247 Å². The number of hydrogen-bond donors (Lipinski definition) is 1. The second-order valence-corrected chi connectivity index (χ2v) is 18.3. The Morgan fingerprint density at radius 3 is 1.03 bits per heavy atom. The van der Waals surface area contributed by atoms with Gasteiger partial charge < -0.3 is 14.6 Å². The number of allylic oxidation sites excluding steroid dienone is 12. The number of carbonyl (C=O) groups excluding carboxylic acids is 2. The van der Waals surface area contributed by atoms with Crippen LogP contribution in [0.3, 0.4) is 0 Å². The van der Waals surface area contributed by atoms with Gasteiger partial charge in [0, 0.05) is 12.8 Å². The SMILES string of the molecule is CC/C=C\C/C=C\C/C=C\C/C=C\C/C=C\CCCCCCCCCCCC(=O)OC(CO)COC(=O)CCCCCCCCCCCCCCC/C=C\CCCCCCCCCC. The zero-order valence-corrected chi connectivity index (χ0v) is 42.3. The number of carbonyl (C=O) groups is 2. The van der Waals surface area contributed by atoms with Crippen LogP contribution in [-0.4, -0.2) is 36.4 Å². The quantitative estimate of drug-likeness (QED) is 0.0374. The van der Waals surface area contributed by atoms with Crippen molar-refractivity contribution >= 4 is 11.9 Å². The van der Waals surface area contributed by atoms with Crippen LogP contribution in [0, 0.1) is 0 Å². The summed E-state index contributed by atoms with van der Waals surface area (Å²) in [6.45, 7) is 4.05. The molecule has 0 aliphatic heterocycles. The van der Waals surface area contributed by atoms with Gasteiger partial charge in [-0.2, -0.15) is 0 Å². The van der Waals surface area contributed by atoms with Crippen molar-refractivity contribution in [2.24, 2.45) is 0 Å². The summed E-state index contributed by atoms with van der Waals surface area (Å²) < 4.78 is 10.7. The molecule has 0 aliphatic rings. The summed E-state index contributed by atoms with van der Waals surface area (Å²) >= 11 is 0. The Bertz CT molecular complexity index is 1150. The molecule has 0 aromatic heterocycles. The molecule has 1 atom stereocenters. The van der Waals surface area contributed by atoms with Crippen molar-refractivity contribution in [2.45, 2.75) is 277 Å². The smallest absolute Gasteiger partial charge is 0.306 e. The van der Waals surface area contributed by atoms with Gasteiger partial charge in [0.1, 0.15) is 6.61 Å². The molecule has 0 radical (unpaired) electrons. The van der Waals surface area contributed by atoms with Gasteiger partial charge in [-0.25, -0.2) is 0 Å². The Morgan fingerprint density at radius 2 is 0.672 bits per heavy atom.